The second kappa shape index (κ2) is 7.17. The van der Waals surface area contributed by atoms with Gasteiger partial charge < -0.3 is 9.84 Å². The fourth-order valence-corrected chi connectivity index (χ4v) is 1.60. The zero-order valence-corrected chi connectivity index (χ0v) is 9.06. The summed E-state index contributed by atoms with van der Waals surface area (Å²) < 4.78 is 4.79. The van der Waals surface area contributed by atoms with Crippen LogP contribution < -0.4 is 5.32 Å². The molecule has 0 aromatic heterocycles. The summed E-state index contributed by atoms with van der Waals surface area (Å²) in [4.78, 5) is 10.7. The zero-order valence-electron chi connectivity index (χ0n) is 8.24. The third-order valence-electron chi connectivity index (χ3n) is 1.53. The van der Waals surface area contributed by atoms with Crippen LogP contribution in [0.15, 0.2) is 0 Å². The summed E-state index contributed by atoms with van der Waals surface area (Å²) in [6.45, 7) is 2.16. The van der Waals surface area contributed by atoms with Crippen molar-refractivity contribution >= 4 is 17.7 Å². The van der Waals surface area contributed by atoms with Gasteiger partial charge in [0, 0.05) is 18.9 Å². The number of carboxylic acid groups (broad SMARTS) is 1. The minimum atomic E-state index is -0.866. The van der Waals surface area contributed by atoms with E-state index in [2.05, 4.69) is 5.32 Å². The van der Waals surface area contributed by atoms with Gasteiger partial charge in [-0.3, -0.25) is 10.1 Å². The van der Waals surface area contributed by atoms with Gasteiger partial charge in [0.25, 0.3) is 0 Å². The smallest absolute Gasteiger partial charge is 0.323 e. The first-order valence-corrected chi connectivity index (χ1v) is 5.48. The minimum absolute atomic E-state index is 0.186. The average Bonchev–Trinajstić information content (AvgIpc) is 2.04. The molecule has 0 aliphatic carbocycles. The van der Waals surface area contributed by atoms with E-state index in [1.165, 1.54) is 7.11 Å². The van der Waals surface area contributed by atoms with Crippen LogP contribution in [0.2, 0.25) is 0 Å². The zero-order chi connectivity index (χ0) is 10.3. The Bertz CT molecular complexity index is 154. The molecule has 0 saturated carbocycles. The lowest BCUT2D eigenvalue weighted by Gasteiger charge is -2.18. The number of thioether (sulfide) groups is 1. The molecule has 5 heteroatoms. The van der Waals surface area contributed by atoms with E-state index in [4.69, 9.17) is 9.84 Å². The molecule has 0 rings (SSSR count). The Morgan fingerprint density at radius 2 is 2.31 bits per heavy atom. The second-order valence-corrected chi connectivity index (χ2v) is 3.78. The first-order chi connectivity index (χ1) is 6.11. The Morgan fingerprint density at radius 3 is 2.69 bits per heavy atom. The standard InChI is InChI=1S/C8H17NO3S/c1-6(5-13-3)9-7(4-12-2)8(10)11/h6-7,9H,4-5H2,1-3H3,(H,10,11). The lowest BCUT2D eigenvalue weighted by Crippen LogP contribution is -2.45. The second-order valence-electron chi connectivity index (χ2n) is 2.87. The lowest BCUT2D eigenvalue weighted by molar-refractivity contribution is -0.141. The van der Waals surface area contributed by atoms with Crippen LogP contribution >= 0.6 is 11.8 Å². The highest BCUT2D eigenvalue weighted by Crippen LogP contribution is 1.98. The summed E-state index contributed by atoms with van der Waals surface area (Å²) in [6, 6.07) is -0.418. The van der Waals surface area contributed by atoms with Gasteiger partial charge in [-0.1, -0.05) is 0 Å². The predicted molar refractivity (Wildman–Crippen MR) is 54.3 cm³/mol. The van der Waals surface area contributed by atoms with Crippen molar-refractivity contribution in [1.29, 1.82) is 0 Å². The van der Waals surface area contributed by atoms with Crippen LogP contribution in [0.4, 0.5) is 0 Å². The van der Waals surface area contributed by atoms with Crippen LogP contribution in [-0.4, -0.2) is 48.9 Å². The number of hydrogen-bond donors (Lipinski definition) is 2. The molecule has 78 valence electrons. The van der Waals surface area contributed by atoms with Gasteiger partial charge in [-0.05, 0) is 13.2 Å². The third-order valence-corrected chi connectivity index (χ3v) is 2.37. The summed E-state index contributed by atoms with van der Waals surface area (Å²) in [5.74, 6) is 0.0304. The van der Waals surface area contributed by atoms with E-state index in [9.17, 15) is 4.79 Å². The summed E-state index contributed by atoms with van der Waals surface area (Å²) in [5, 5.41) is 11.7. The van der Waals surface area contributed by atoms with E-state index in [1.807, 2.05) is 13.2 Å². The number of methoxy groups -OCH3 is 1. The SMILES string of the molecule is COCC(NC(C)CSC)C(=O)O. The Morgan fingerprint density at radius 1 is 1.69 bits per heavy atom. The largest absolute Gasteiger partial charge is 0.480 e. The number of rotatable bonds is 7. The van der Waals surface area contributed by atoms with E-state index < -0.39 is 12.0 Å². The minimum Gasteiger partial charge on any atom is -0.480 e. The fraction of sp³-hybridized carbons (Fsp3) is 0.875. The molecule has 0 bridgehead atoms. The molecule has 0 aromatic carbocycles. The molecule has 4 nitrogen and oxygen atoms in total. The molecule has 0 amide bonds. The molecule has 13 heavy (non-hydrogen) atoms. The van der Waals surface area contributed by atoms with E-state index in [0.29, 0.717) is 0 Å². The Balaban J connectivity index is 3.86. The maximum atomic E-state index is 10.7. The van der Waals surface area contributed by atoms with Crippen LogP contribution in [0.5, 0.6) is 0 Å². The molecule has 0 aliphatic rings. The molecule has 0 fully saturated rings. The number of nitrogens with one attached hydrogen (secondary N) is 1. The lowest BCUT2D eigenvalue weighted by atomic mass is 10.2. The molecule has 0 aromatic rings. The van der Waals surface area contributed by atoms with Crippen LogP contribution in [0.1, 0.15) is 6.92 Å². The molecule has 2 unspecified atom stereocenters. The molecular formula is C8H17NO3S. The van der Waals surface area contributed by atoms with Crippen molar-refractivity contribution in [2.75, 3.05) is 25.7 Å². The number of aliphatic carboxylic acids is 1. The van der Waals surface area contributed by atoms with Crippen LogP contribution in [-0.2, 0) is 9.53 Å². The maximum Gasteiger partial charge on any atom is 0.323 e. The number of ether oxygens (including phenoxy) is 1. The van der Waals surface area contributed by atoms with Crippen molar-refractivity contribution in [3.05, 3.63) is 0 Å². The molecule has 2 atom stereocenters. The highest BCUT2D eigenvalue weighted by Gasteiger charge is 2.18. The molecule has 0 radical (unpaired) electrons. The van der Waals surface area contributed by atoms with Crippen molar-refractivity contribution in [3.8, 4) is 0 Å². The van der Waals surface area contributed by atoms with E-state index in [-0.39, 0.29) is 12.6 Å². The van der Waals surface area contributed by atoms with Crippen LogP contribution in [0.25, 0.3) is 0 Å². The average molecular weight is 207 g/mol. The van der Waals surface area contributed by atoms with Crippen LogP contribution in [0.3, 0.4) is 0 Å². The van der Waals surface area contributed by atoms with Gasteiger partial charge in [-0.25, -0.2) is 0 Å². The monoisotopic (exact) mass is 207 g/mol. The van der Waals surface area contributed by atoms with Gasteiger partial charge in [0.15, 0.2) is 0 Å². The van der Waals surface area contributed by atoms with Gasteiger partial charge in [0.1, 0.15) is 6.04 Å². The molecule has 2 N–H and O–H groups in total. The van der Waals surface area contributed by atoms with E-state index in [0.717, 1.165) is 5.75 Å². The highest BCUT2D eigenvalue weighted by molar-refractivity contribution is 7.98. The first-order valence-electron chi connectivity index (χ1n) is 4.08. The van der Waals surface area contributed by atoms with Gasteiger partial charge in [-0.2, -0.15) is 11.8 Å². The first kappa shape index (κ1) is 12.7. The highest BCUT2D eigenvalue weighted by atomic mass is 32.2. The van der Waals surface area contributed by atoms with Gasteiger partial charge in [-0.15, -0.1) is 0 Å². The van der Waals surface area contributed by atoms with Crippen molar-refractivity contribution in [2.24, 2.45) is 0 Å². The Labute approximate surface area is 83.0 Å². The fourth-order valence-electron chi connectivity index (χ4n) is 0.999. The number of hydrogen-bond acceptors (Lipinski definition) is 4. The summed E-state index contributed by atoms with van der Waals surface area (Å²) in [5.41, 5.74) is 0. The Kier molecular flexibility index (Phi) is 7.03. The maximum absolute atomic E-state index is 10.7. The van der Waals surface area contributed by atoms with Crippen LogP contribution in [0, 0.1) is 0 Å². The Hall–Kier alpha value is -0.260. The molecule has 0 heterocycles. The number of carbonyl (C=O) groups is 1. The molecule has 0 spiro atoms. The summed E-state index contributed by atoms with van der Waals surface area (Å²) in [7, 11) is 1.50. The van der Waals surface area contributed by atoms with Crippen molar-refractivity contribution in [2.45, 2.75) is 19.0 Å². The quantitative estimate of drug-likeness (QED) is 0.634. The third kappa shape index (κ3) is 5.90. The van der Waals surface area contributed by atoms with Crippen molar-refractivity contribution in [1.82, 2.24) is 5.32 Å². The van der Waals surface area contributed by atoms with E-state index >= 15 is 0 Å². The predicted octanol–water partition coefficient (Wildman–Crippen LogP) is 0.427. The van der Waals surface area contributed by atoms with Gasteiger partial charge in [0.2, 0.25) is 0 Å². The normalized spacial score (nSPS) is 15.3. The van der Waals surface area contributed by atoms with Gasteiger partial charge in [0.05, 0.1) is 6.61 Å². The van der Waals surface area contributed by atoms with Crippen molar-refractivity contribution < 1.29 is 14.6 Å². The van der Waals surface area contributed by atoms with Gasteiger partial charge >= 0.3 is 5.97 Å². The van der Waals surface area contributed by atoms with Crippen molar-refractivity contribution in [3.63, 3.8) is 0 Å². The molecule has 0 saturated heterocycles. The molecular weight excluding hydrogens is 190 g/mol. The topological polar surface area (TPSA) is 58.6 Å². The molecule has 0 aliphatic heterocycles. The number of carboxylic acids is 1. The summed E-state index contributed by atoms with van der Waals surface area (Å²) in [6.07, 6.45) is 1.99. The summed E-state index contributed by atoms with van der Waals surface area (Å²) >= 11 is 1.69. The van der Waals surface area contributed by atoms with E-state index in [1.54, 1.807) is 11.8 Å².